The van der Waals surface area contributed by atoms with Gasteiger partial charge in [-0.15, -0.1) is 0 Å². The minimum absolute atomic E-state index is 0.558. The van der Waals surface area contributed by atoms with E-state index in [0.717, 1.165) is 16.7 Å². The Morgan fingerprint density at radius 3 is 1.30 bits per heavy atom. The highest BCUT2D eigenvalue weighted by Crippen LogP contribution is 2.58. The minimum Gasteiger partial charge on any atom is -0.208 e. The molecule has 6 aromatic carbocycles. The first-order valence-corrected chi connectivity index (χ1v) is 14.6. The van der Waals surface area contributed by atoms with E-state index in [1.165, 1.54) is 33.4 Å². The Morgan fingerprint density at radius 2 is 0.744 bits per heavy atom. The van der Waals surface area contributed by atoms with Gasteiger partial charge in [0.2, 0.25) is 0 Å². The normalized spacial score (nSPS) is 12.8. The summed E-state index contributed by atoms with van der Waals surface area (Å²) in [6.45, 7) is 0. The summed E-state index contributed by atoms with van der Waals surface area (Å²) in [5.74, 6) is 1.97. The molecule has 1 aliphatic rings. The van der Waals surface area contributed by atoms with Gasteiger partial charge in [0.1, 0.15) is 0 Å². The first kappa shape index (κ1) is 25.1. The lowest BCUT2D eigenvalue weighted by atomic mass is 9.66. The Labute approximate surface area is 251 Å². The largest absolute Gasteiger partial charge is 0.208 e. The molecule has 0 aliphatic heterocycles. The van der Waals surface area contributed by atoms with Crippen LogP contribution in [0.25, 0.3) is 45.3 Å². The molecule has 0 saturated heterocycles. The second-order valence-corrected chi connectivity index (χ2v) is 10.8. The molecule has 1 heterocycles. The molecule has 0 saturated carbocycles. The Bertz CT molecular complexity index is 1960. The maximum atomic E-state index is 5.17. The minimum atomic E-state index is -0.558. The second kappa shape index (κ2) is 10.3. The van der Waals surface area contributed by atoms with Crippen LogP contribution in [0.1, 0.15) is 22.3 Å². The van der Waals surface area contributed by atoms with Crippen molar-refractivity contribution >= 4 is 0 Å². The summed E-state index contributed by atoms with van der Waals surface area (Å²) < 4.78 is 0. The molecule has 0 bridgehead atoms. The van der Waals surface area contributed by atoms with Crippen LogP contribution < -0.4 is 0 Å². The lowest BCUT2D eigenvalue weighted by molar-refractivity contribution is 0.769. The molecule has 0 unspecified atom stereocenters. The van der Waals surface area contributed by atoms with E-state index in [9.17, 15) is 0 Å². The zero-order valence-electron chi connectivity index (χ0n) is 23.4. The van der Waals surface area contributed by atoms with Crippen LogP contribution in [0.15, 0.2) is 164 Å². The zero-order valence-corrected chi connectivity index (χ0v) is 23.4. The van der Waals surface area contributed by atoms with Gasteiger partial charge >= 0.3 is 0 Å². The fourth-order valence-electron chi connectivity index (χ4n) is 6.62. The van der Waals surface area contributed by atoms with Crippen LogP contribution in [0.5, 0.6) is 0 Å². The van der Waals surface area contributed by atoms with Crippen LogP contribution in [0.4, 0.5) is 0 Å². The molecule has 8 rings (SSSR count). The average Bonchev–Trinajstić information content (AvgIpc) is 3.41. The van der Waals surface area contributed by atoms with E-state index in [2.05, 4.69) is 127 Å². The summed E-state index contributed by atoms with van der Waals surface area (Å²) in [6, 6.07) is 57.3. The van der Waals surface area contributed by atoms with Crippen molar-refractivity contribution in [2.75, 3.05) is 0 Å². The monoisotopic (exact) mass is 549 g/mol. The third-order valence-electron chi connectivity index (χ3n) is 8.41. The quantitative estimate of drug-likeness (QED) is 0.215. The highest BCUT2D eigenvalue weighted by molar-refractivity contribution is 5.91. The predicted octanol–water partition coefficient (Wildman–Crippen LogP) is 9.24. The molecule has 43 heavy (non-hydrogen) atoms. The van der Waals surface area contributed by atoms with Gasteiger partial charge in [-0.1, -0.05) is 164 Å². The van der Waals surface area contributed by atoms with Crippen molar-refractivity contribution in [3.63, 3.8) is 0 Å². The fourth-order valence-corrected chi connectivity index (χ4v) is 6.62. The highest BCUT2D eigenvalue weighted by Gasteiger charge is 2.47. The summed E-state index contributed by atoms with van der Waals surface area (Å²) in [7, 11) is 0. The average molecular weight is 550 g/mol. The number of hydrogen-bond donors (Lipinski definition) is 0. The Balaban J connectivity index is 1.49. The highest BCUT2D eigenvalue weighted by atomic mass is 15.0. The molecule has 0 N–H and O–H groups in total. The van der Waals surface area contributed by atoms with Crippen LogP contribution in [-0.4, -0.2) is 15.0 Å². The molecule has 3 heteroatoms. The molecular weight excluding hydrogens is 522 g/mol. The van der Waals surface area contributed by atoms with Gasteiger partial charge in [-0.05, 0) is 33.4 Å². The van der Waals surface area contributed by atoms with Crippen molar-refractivity contribution in [2.45, 2.75) is 5.41 Å². The first-order valence-electron chi connectivity index (χ1n) is 14.6. The second-order valence-electron chi connectivity index (χ2n) is 10.8. The first-order chi connectivity index (χ1) is 21.3. The SMILES string of the molecule is c1ccc(-c2nc(-c3ccccc3)nc(-c3cccc4c3C(c3ccccc3)(c3ccccc3)c3ccccc3-4)n2)cc1. The van der Waals surface area contributed by atoms with Gasteiger partial charge in [0, 0.05) is 16.7 Å². The van der Waals surface area contributed by atoms with Gasteiger partial charge in [-0.3, -0.25) is 0 Å². The van der Waals surface area contributed by atoms with E-state index in [1.807, 2.05) is 36.4 Å². The van der Waals surface area contributed by atoms with Gasteiger partial charge in [-0.2, -0.15) is 0 Å². The van der Waals surface area contributed by atoms with Crippen LogP contribution in [0.3, 0.4) is 0 Å². The molecule has 0 radical (unpaired) electrons. The number of hydrogen-bond acceptors (Lipinski definition) is 3. The molecule has 0 amide bonds. The summed E-state index contributed by atoms with van der Waals surface area (Å²) >= 11 is 0. The summed E-state index contributed by atoms with van der Waals surface area (Å²) in [5, 5.41) is 0. The van der Waals surface area contributed by atoms with Crippen molar-refractivity contribution in [3.05, 3.63) is 186 Å². The molecule has 7 aromatic rings. The van der Waals surface area contributed by atoms with Crippen molar-refractivity contribution in [1.82, 2.24) is 15.0 Å². The van der Waals surface area contributed by atoms with E-state index in [4.69, 9.17) is 15.0 Å². The zero-order chi connectivity index (χ0) is 28.6. The van der Waals surface area contributed by atoms with E-state index in [-0.39, 0.29) is 0 Å². The Morgan fingerprint density at radius 1 is 0.326 bits per heavy atom. The molecule has 1 aliphatic carbocycles. The molecule has 0 atom stereocenters. The van der Waals surface area contributed by atoms with Crippen LogP contribution in [-0.2, 0) is 5.41 Å². The van der Waals surface area contributed by atoms with Crippen molar-refractivity contribution in [3.8, 4) is 45.3 Å². The van der Waals surface area contributed by atoms with Crippen LogP contribution in [0, 0.1) is 0 Å². The Kier molecular flexibility index (Phi) is 6.01. The van der Waals surface area contributed by atoms with E-state index < -0.39 is 5.41 Å². The number of aromatic nitrogens is 3. The molecule has 0 fully saturated rings. The van der Waals surface area contributed by atoms with E-state index in [0.29, 0.717) is 17.5 Å². The van der Waals surface area contributed by atoms with Gasteiger partial charge < -0.3 is 0 Å². The van der Waals surface area contributed by atoms with Crippen LogP contribution >= 0.6 is 0 Å². The van der Waals surface area contributed by atoms with Gasteiger partial charge in [0.05, 0.1) is 5.41 Å². The van der Waals surface area contributed by atoms with Gasteiger partial charge in [0.25, 0.3) is 0 Å². The topological polar surface area (TPSA) is 38.7 Å². The number of rotatable bonds is 5. The molecule has 3 nitrogen and oxygen atoms in total. The molecular formula is C40H27N3. The predicted molar refractivity (Wildman–Crippen MR) is 173 cm³/mol. The third kappa shape index (κ3) is 4.01. The van der Waals surface area contributed by atoms with E-state index >= 15 is 0 Å². The van der Waals surface area contributed by atoms with Gasteiger partial charge in [-0.25, -0.2) is 15.0 Å². The Hall–Kier alpha value is -5.67. The summed E-state index contributed by atoms with van der Waals surface area (Å²) in [6.07, 6.45) is 0. The lowest BCUT2D eigenvalue weighted by Gasteiger charge is -2.35. The van der Waals surface area contributed by atoms with Gasteiger partial charge in [0.15, 0.2) is 17.5 Å². The maximum Gasteiger partial charge on any atom is 0.164 e. The van der Waals surface area contributed by atoms with Crippen molar-refractivity contribution in [2.24, 2.45) is 0 Å². The summed E-state index contributed by atoms with van der Waals surface area (Å²) in [5.41, 5.74) is 9.65. The standard InChI is InChI=1S/C40H27N3/c1-5-16-28(17-6-1)37-41-38(29-18-7-2-8-19-29)43-39(42-37)34-26-15-25-33-32-24-13-14-27-35(32)40(36(33)34,30-20-9-3-10-21-30)31-22-11-4-12-23-31/h1-27H. The number of benzene rings is 6. The van der Waals surface area contributed by atoms with Crippen molar-refractivity contribution < 1.29 is 0 Å². The molecule has 1 aromatic heterocycles. The maximum absolute atomic E-state index is 5.17. The lowest BCUT2D eigenvalue weighted by Crippen LogP contribution is -2.29. The summed E-state index contributed by atoms with van der Waals surface area (Å²) in [4.78, 5) is 15.3. The number of fused-ring (bicyclic) bond motifs is 3. The molecule has 0 spiro atoms. The fraction of sp³-hybridized carbons (Fsp3) is 0.0250. The van der Waals surface area contributed by atoms with Crippen molar-refractivity contribution in [1.29, 1.82) is 0 Å². The van der Waals surface area contributed by atoms with E-state index in [1.54, 1.807) is 0 Å². The number of nitrogens with zero attached hydrogens (tertiary/aromatic N) is 3. The smallest absolute Gasteiger partial charge is 0.164 e. The molecule has 202 valence electrons. The van der Waals surface area contributed by atoms with Crippen LogP contribution in [0.2, 0.25) is 0 Å². The third-order valence-corrected chi connectivity index (χ3v) is 8.41.